The SMILES string of the molecule is CC1=CN([C@@H]2O[C@@](COP(=O)(N[C@@H](C)C(=O)OC(C)(C)C)Oc3ccccc3)(N=[N+]=[N-])[C@@H](O)[C@H]2O)C(=O)CC1=O. The summed E-state index contributed by atoms with van der Waals surface area (Å²) in [6, 6.07) is 6.60. The van der Waals surface area contributed by atoms with Gasteiger partial charge in [-0.2, -0.15) is 5.09 Å². The molecule has 0 radical (unpaired) electrons. The lowest BCUT2D eigenvalue weighted by atomic mass is 10.0. The zero-order valence-electron chi connectivity index (χ0n) is 22.6. The molecule has 0 aliphatic carbocycles. The van der Waals surface area contributed by atoms with E-state index in [1.54, 1.807) is 39.0 Å². The summed E-state index contributed by atoms with van der Waals surface area (Å²) < 4.78 is 35.9. The first kappa shape index (κ1) is 31.2. The number of aliphatic hydroxyl groups excluding tert-OH is 2. The molecule has 1 aromatic rings. The second-order valence-electron chi connectivity index (χ2n) is 10.3. The highest BCUT2D eigenvalue weighted by Crippen LogP contribution is 2.47. The predicted octanol–water partition coefficient (Wildman–Crippen LogP) is 2.30. The van der Waals surface area contributed by atoms with E-state index in [-0.39, 0.29) is 11.3 Å². The van der Waals surface area contributed by atoms with E-state index in [1.165, 1.54) is 26.0 Å². The fourth-order valence-electron chi connectivity index (χ4n) is 3.80. The van der Waals surface area contributed by atoms with Crippen LogP contribution < -0.4 is 9.61 Å². The van der Waals surface area contributed by atoms with Crippen molar-refractivity contribution in [2.45, 2.75) is 76.8 Å². The maximum absolute atomic E-state index is 13.9. The monoisotopic (exact) mass is 581 g/mol. The van der Waals surface area contributed by atoms with Crippen molar-refractivity contribution in [1.29, 1.82) is 0 Å². The van der Waals surface area contributed by atoms with E-state index >= 15 is 0 Å². The van der Waals surface area contributed by atoms with E-state index in [9.17, 15) is 34.7 Å². The molecule has 1 amide bonds. The van der Waals surface area contributed by atoms with Crippen molar-refractivity contribution in [3.05, 3.63) is 52.5 Å². The molecule has 2 aliphatic heterocycles. The molecule has 15 nitrogen and oxygen atoms in total. The van der Waals surface area contributed by atoms with Crippen molar-refractivity contribution in [2.24, 2.45) is 5.11 Å². The molecule has 0 saturated carbocycles. The second kappa shape index (κ2) is 12.1. The standard InChI is InChI=1S/C24H32N5O10P/c1-14-12-29(18(31)11-17(14)30)21-19(32)20(33)24(37-21,27-28-25)13-36-40(35,39-16-9-7-6-8-10-16)26-15(2)22(34)38-23(3,4)5/h6-10,12,15,19-21,32-33H,11,13H2,1-5H3,(H,26,35)/t15-,19+,20-,21+,24+,40?/m0/s1. The molecule has 0 spiro atoms. The molecule has 1 saturated heterocycles. The van der Waals surface area contributed by atoms with Gasteiger partial charge in [-0.05, 0) is 52.3 Å². The number of allylic oxidation sites excluding steroid dienone is 1. The fourth-order valence-corrected chi connectivity index (χ4v) is 5.32. The van der Waals surface area contributed by atoms with E-state index in [0.717, 1.165) is 11.1 Å². The lowest BCUT2D eigenvalue weighted by Crippen LogP contribution is -2.47. The summed E-state index contributed by atoms with van der Waals surface area (Å²) >= 11 is 0. The van der Waals surface area contributed by atoms with Gasteiger partial charge < -0.3 is 24.2 Å². The molecule has 218 valence electrons. The number of carbonyl (C=O) groups is 3. The van der Waals surface area contributed by atoms with Crippen molar-refractivity contribution in [3.63, 3.8) is 0 Å². The number of esters is 1. The van der Waals surface area contributed by atoms with Gasteiger partial charge in [-0.3, -0.25) is 23.8 Å². The van der Waals surface area contributed by atoms with E-state index in [0.29, 0.717) is 0 Å². The minimum atomic E-state index is -4.51. The number of hydrogen-bond acceptors (Lipinski definition) is 11. The molecule has 0 bridgehead atoms. The van der Waals surface area contributed by atoms with Gasteiger partial charge in [0, 0.05) is 16.7 Å². The molecule has 3 N–H and O–H groups in total. The Bertz CT molecular complexity index is 1260. The first-order valence-corrected chi connectivity index (χ1v) is 13.8. The fraction of sp³-hybridized carbons (Fsp3) is 0.542. The Morgan fingerprint density at radius 1 is 1.32 bits per heavy atom. The van der Waals surface area contributed by atoms with Crippen molar-refractivity contribution >= 4 is 25.4 Å². The largest absolute Gasteiger partial charge is 0.459 e. The lowest BCUT2D eigenvalue weighted by molar-refractivity contribution is -0.159. The van der Waals surface area contributed by atoms with Crippen LogP contribution in [-0.4, -0.2) is 75.2 Å². The Hall–Kier alpha value is -3.29. The van der Waals surface area contributed by atoms with Crippen molar-refractivity contribution in [1.82, 2.24) is 9.99 Å². The molecular formula is C24H32N5O10P. The van der Waals surface area contributed by atoms with Gasteiger partial charge >= 0.3 is 13.7 Å². The molecule has 1 fully saturated rings. The van der Waals surface area contributed by atoms with Crippen molar-refractivity contribution in [3.8, 4) is 5.75 Å². The van der Waals surface area contributed by atoms with Crippen LogP contribution in [0.5, 0.6) is 5.75 Å². The number of nitrogens with zero attached hydrogens (tertiary/aromatic N) is 4. The number of para-hydroxylation sites is 1. The zero-order chi connectivity index (χ0) is 29.9. The number of aliphatic hydroxyl groups is 2. The Balaban J connectivity index is 1.89. The van der Waals surface area contributed by atoms with Crippen molar-refractivity contribution < 1.29 is 47.7 Å². The molecule has 40 heavy (non-hydrogen) atoms. The molecule has 3 rings (SSSR count). The highest BCUT2D eigenvalue weighted by Gasteiger charge is 2.58. The van der Waals surface area contributed by atoms with Gasteiger partial charge in [-0.15, -0.1) is 0 Å². The third kappa shape index (κ3) is 7.26. The first-order valence-electron chi connectivity index (χ1n) is 12.2. The number of azide groups is 1. The lowest BCUT2D eigenvalue weighted by Gasteiger charge is -2.32. The predicted molar refractivity (Wildman–Crippen MR) is 138 cm³/mol. The summed E-state index contributed by atoms with van der Waals surface area (Å²) in [5.41, 5.74) is 6.18. The molecule has 1 aromatic carbocycles. The number of hydrogen-bond donors (Lipinski definition) is 3. The Morgan fingerprint density at radius 2 is 1.98 bits per heavy atom. The molecule has 1 unspecified atom stereocenters. The van der Waals surface area contributed by atoms with Crippen LogP contribution in [0.4, 0.5) is 0 Å². The summed E-state index contributed by atoms with van der Waals surface area (Å²) in [5, 5.41) is 27.5. The van der Waals surface area contributed by atoms with Gasteiger partial charge in [0.25, 0.3) is 0 Å². The van der Waals surface area contributed by atoms with Gasteiger partial charge in [0.05, 0.1) is 13.0 Å². The Labute approximate surface area is 230 Å². The Morgan fingerprint density at radius 3 is 2.58 bits per heavy atom. The number of rotatable bonds is 10. The molecule has 0 aromatic heterocycles. The average Bonchev–Trinajstić information content (AvgIpc) is 3.10. The summed E-state index contributed by atoms with van der Waals surface area (Å²) in [6.45, 7) is 6.82. The number of ketones is 1. The van der Waals surface area contributed by atoms with Crippen LogP contribution in [0.15, 0.2) is 47.2 Å². The summed E-state index contributed by atoms with van der Waals surface area (Å²) in [4.78, 5) is 40.5. The van der Waals surface area contributed by atoms with E-state index < -0.39 is 74.2 Å². The van der Waals surface area contributed by atoms with Gasteiger partial charge in [0.1, 0.15) is 29.6 Å². The van der Waals surface area contributed by atoms with E-state index in [1.807, 2.05) is 0 Å². The van der Waals surface area contributed by atoms with Gasteiger partial charge in [-0.1, -0.05) is 23.3 Å². The number of benzene rings is 1. The molecule has 6 atom stereocenters. The molecular weight excluding hydrogens is 549 g/mol. The highest BCUT2D eigenvalue weighted by atomic mass is 31.2. The summed E-state index contributed by atoms with van der Waals surface area (Å²) in [7, 11) is -4.51. The number of Topliss-reactive ketones (excluding diaryl/α,β-unsaturated/α-hetero) is 1. The van der Waals surface area contributed by atoms with E-state index in [4.69, 9.17) is 18.5 Å². The molecule has 2 heterocycles. The van der Waals surface area contributed by atoms with Crippen LogP contribution in [0.1, 0.15) is 41.0 Å². The first-order chi connectivity index (χ1) is 18.6. The second-order valence-corrected chi connectivity index (χ2v) is 11.9. The van der Waals surface area contributed by atoms with Gasteiger partial charge in [0.2, 0.25) is 11.6 Å². The minimum absolute atomic E-state index is 0.0857. The number of amides is 1. The van der Waals surface area contributed by atoms with Crippen LogP contribution >= 0.6 is 7.75 Å². The van der Waals surface area contributed by atoms with Crippen LogP contribution in [-0.2, 0) is 32.9 Å². The van der Waals surface area contributed by atoms with Crippen LogP contribution in [0.2, 0.25) is 0 Å². The normalized spacial score (nSPS) is 27.3. The smallest absolute Gasteiger partial charge is 0.459 e. The van der Waals surface area contributed by atoms with Crippen molar-refractivity contribution in [2.75, 3.05) is 6.61 Å². The maximum Gasteiger partial charge on any atom is 0.459 e. The van der Waals surface area contributed by atoms with E-state index in [2.05, 4.69) is 15.1 Å². The minimum Gasteiger partial charge on any atom is -0.459 e. The number of ether oxygens (including phenoxy) is 2. The molecule has 2 aliphatic rings. The topological polar surface area (TPSA) is 210 Å². The maximum atomic E-state index is 13.9. The van der Waals surface area contributed by atoms with Crippen LogP contribution in [0.3, 0.4) is 0 Å². The quantitative estimate of drug-likeness (QED) is 0.0911. The van der Waals surface area contributed by atoms with Gasteiger partial charge in [0.15, 0.2) is 12.0 Å². The van der Waals surface area contributed by atoms with Crippen LogP contribution in [0.25, 0.3) is 10.4 Å². The average molecular weight is 582 g/mol. The van der Waals surface area contributed by atoms with Gasteiger partial charge in [-0.25, -0.2) is 4.57 Å². The zero-order valence-corrected chi connectivity index (χ0v) is 23.5. The third-order valence-corrected chi connectivity index (χ3v) is 7.41. The van der Waals surface area contributed by atoms with Crippen LogP contribution in [0, 0.1) is 0 Å². The summed E-state index contributed by atoms with van der Waals surface area (Å²) in [6.07, 6.45) is -4.72. The number of carbonyl (C=O) groups excluding carboxylic acids is 3. The summed E-state index contributed by atoms with van der Waals surface area (Å²) in [5.74, 6) is -1.84. The Kier molecular flexibility index (Phi) is 9.42. The highest BCUT2D eigenvalue weighted by molar-refractivity contribution is 7.52. The number of nitrogens with one attached hydrogen (secondary N) is 1. The molecule has 16 heteroatoms. The third-order valence-electron chi connectivity index (χ3n) is 5.79.